The van der Waals surface area contributed by atoms with Crippen molar-refractivity contribution in [2.45, 2.75) is 39.5 Å². The molecule has 2 amide bonds. The molecule has 0 spiro atoms. The second-order valence-corrected chi connectivity index (χ2v) is 7.09. The van der Waals surface area contributed by atoms with Crippen molar-refractivity contribution in [3.05, 3.63) is 23.7 Å². The van der Waals surface area contributed by atoms with E-state index >= 15 is 0 Å². The molecule has 8 heteroatoms. The zero-order valence-corrected chi connectivity index (χ0v) is 17.2. The third-order valence-corrected chi connectivity index (χ3v) is 4.95. The van der Waals surface area contributed by atoms with Crippen molar-refractivity contribution in [3.8, 4) is 0 Å². The SMILES string of the molecule is CCNC(=NCCCNC(=O)c1occc1C)N1CCC(CC(=O)NC)CC1. The van der Waals surface area contributed by atoms with Crippen LogP contribution in [0.15, 0.2) is 21.7 Å². The molecule has 0 aliphatic carbocycles. The first-order valence-electron chi connectivity index (χ1n) is 10.1. The molecule has 0 radical (unpaired) electrons. The van der Waals surface area contributed by atoms with E-state index in [9.17, 15) is 9.59 Å². The molecule has 0 unspecified atom stereocenters. The Labute approximate surface area is 167 Å². The normalized spacial score (nSPS) is 15.4. The molecule has 1 aromatic heterocycles. The van der Waals surface area contributed by atoms with E-state index in [1.165, 1.54) is 6.26 Å². The van der Waals surface area contributed by atoms with Crippen LogP contribution in [0.3, 0.4) is 0 Å². The van der Waals surface area contributed by atoms with Crippen molar-refractivity contribution in [1.82, 2.24) is 20.9 Å². The van der Waals surface area contributed by atoms with Gasteiger partial charge in [-0.3, -0.25) is 14.6 Å². The highest BCUT2D eigenvalue weighted by Crippen LogP contribution is 2.20. The van der Waals surface area contributed by atoms with Crippen LogP contribution in [0.25, 0.3) is 0 Å². The summed E-state index contributed by atoms with van der Waals surface area (Å²) in [5, 5.41) is 8.91. The van der Waals surface area contributed by atoms with Gasteiger partial charge in [-0.15, -0.1) is 0 Å². The number of nitrogens with one attached hydrogen (secondary N) is 3. The standard InChI is InChI=1S/C20H33N5O3/c1-4-22-20(25-11-6-16(7-12-25)14-17(26)21-3)24-10-5-9-23-19(27)18-15(2)8-13-28-18/h8,13,16H,4-7,9-12,14H2,1-3H3,(H,21,26)(H,22,24)(H,23,27). The highest BCUT2D eigenvalue weighted by molar-refractivity contribution is 5.92. The summed E-state index contributed by atoms with van der Waals surface area (Å²) >= 11 is 0. The monoisotopic (exact) mass is 391 g/mol. The van der Waals surface area contributed by atoms with Gasteiger partial charge >= 0.3 is 0 Å². The summed E-state index contributed by atoms with van der Waals surface area (Å²) in [4.78, 5) is 30.5. The number of carbonyl (C=O) groups excluding carboxylic acids is 2. The van der Waals surface area contributed by atoms with Gasteiger partial charge in [0.05, 0.1) is 6.26 Å². The maximum atomic E-state index is 12.0. The minimum atomic E-state index is -0.184. The summed E-state index contributed by atoms with van der Waals surface area (Å²) in [5.74, 6) is 1.66. The zero-order chi connectivity index (χ0) is 20.4. The lowest BCUT2D eigenvalue weighted by molar-refractivity contribution is -0.121. The number of furan rings is 1. The summed E-state index contributed by atoms with van der Waals surface area (Å²) in [6.45, 7) is 7.71. The smallest absolute Gasteiger partial charge is 0.287 e. The van der Waals surface area contributed by atoms with Crippen LogP contribution in [0.4, 0.5) is 0 Å². The molecule has 0 aromatic carbocycles. The minimum absolute atomic E-state index is 0.116. The molecule has 1 aromatic rings. The Morgan fingerprint density at radius 1 is 1.29 bits per heavy atom. The van der Waals surface area contributed by atoms with Crippen LogP contribution in [-0.4, -0.2) is 62.4 Å². The molecule has 1 saturated heterocycles. The van der Waals surface area contributed by atoms with E-state index in [0.717, 1.165) is 50.4 Å². The quantitative estimate of drug-likeness (QED) is 0.355. The van der Waals surface area contributed by atoms with Gasteiger partial charge in [-0.05, 0) is 45.1 Å². The first-order chi connectivity index (χ1) is 13.5. The van der Waals surface area contributed by atoms with Crippen molar-refractivity contribution in [2.24, 2.45) is 10.9 Å². The maximum Gasteiger partial charge on any atom is 0.287 e. The number of hydrogen-bond acceptors (Lipinski definition) is 4. The van der Waals surface area contributed by atoms with Crippen LogP contribution in [0.5, 0.6) is 0 Å². The number of nitrogens with zero attached hydrogens (tertiary/aromatic N) is 2. The van der Waals surface area contributed by atoms with Gasteiger partial charge in [0.1, 0.15) is 0 Å². The molecule has 3 N–H and O–H groups in total. The Balaban J connectivity index is 1.74. The number of guanidine groups is 1. The number of aryl methyl sites for hydroxylation is 1. The molecule has 0 atom stereocenters. The highest BCUT2D eigenvalue weighted by atomic mass is 16.3. The van der Waals surface area contributed by atoms with Crippen molar-refractivity contribution in [1.29, 1.82) is 0 Å². The third kappa shape index (κ3) is 6.58. The summed E-state index contributed by atoms with van der Waals surface area (Å²) < 4.78 is 5.19. The van der Waals surface area contributed by atoms with Crippen molar-refractivity contribution >= 4 is 17.8 Å². The van der Waals surface area contributed by atoms with Gasteiger partial charge in [0, 0.05) is 51.8 Å². The van der Waals surface area contributed by atoms with E-state index in [4.69, 9.17) is 9.41 Å². The van der Waals surface area contributed by atoms with Gasteiger partial charge in [-0.2, -0.15) is 0 Å². The molecule has 0 saturated carbocycles. The molecule has 8 nitrogen and oxygen atoms in total. The van der Waals surface area contributed by atoms with Crippen LogP contribution in [0.1, 0.15) is 48.7 Å². The fourth-order valence-electron chi connectivity index (χ4n) is 3.29. The first-order valence-corrected chi connectivity index (χ1v) is 10.1. The van der Waals surface area contributed by atoms with Gasteiger partial charge < -0.3 is 25.3 Å². The summed E-state index contributed by atoms with van der Waals surface area (Å²) in [6.07, 6.45) is 4.88. The van der Waals surface area contributed by atoms with Crippen molar-refractivity contribution in [2.75, 3.05) is 39.8 Å². The van der Waals surface area contributed by atoms with E-state index < -0.39 is 0 Å². The van der Waals surface area contributed by atoms with Gasteiger partial charge in [0.15, 0.2) is 11.7 Å². The molecule has 1 fully saturated rings. The van der Waals surface area contributed by atoms with Gasteiger partial charge in [-0.1, -0.05) is 0 Å². The lowest BCUT2D eigenvalue weighted by atomic mass is 9.93. The number of rotatable bonds is 8. The molecule has 1 aliphatic rings. The second-order valence-electron chi connectivity index (χ2n) is 7.09. The first kappa shape index (κ1) is 21.8. The molecule has 156 valence electrons. The van der Waals surface area contributed by atoms with E-state index in [2.05, 4.69) is 27.8 Å². The number of likely N-dealkylation sites (tertiary alicyclic amines) is 1. The molecular weight excluding hydrogens is 358 g/mol. The molecule has 2 rings (SSSR count). The fraction of sp³-hybridized carbons (Fsp3) is 0.650. The van der Waals surface area contributed by atoms with E-state index in [0.29, 0.717) is 31.2 Å². The highest BCUT2D eigenvalue weighted by Gasteiger charge is 2.23. The topological polar surface area (TPSA) is 99.0 Å². The van der Waals surface area contributed by atoms with Crippen LogP contribution >= 0.6 is 0 Å². The van der Waals surface area contributed by atoms with Gasteiger partial charge in [0.2, 0.25) is 5.91 Å². The Kier molecular flexibility index (Phi) is 8.84. The number of amides is 2. The Bertz CT molecular complexity index is 663. The van der Waals surface area contributed by atoms with Crippen LogP contribution in [-0.2, 0) is 4.79 Å². The zero-order valence-electron chi connectivity index (χ0n) is 17.2. The van der Waals surface area contributed by atoms with Crippen molar-refractivity contribution < 1.29 is 14.0 Å². The molecule has 1 aliphatic heterocycles. The number of aliphatic imine (C=N–C) groups is 1. The fourth-order valence-corrected chi connectivity index (χ4v) is 3.29. The maximum absolute atomic E-state index is 12.0. The Morgan fingerprint density at radius 2 is 2.04 bits per heavy atom. The van der Waals surface area contributed by atoms with E-state index in [1.54, 1.807) is 13.1 Å². The van der Waals surface area contributed by atoms with Crippen LogP contribution in [0, 0.1) is 12.8 Å². The predicted octanol–water partition coefficient (Wildman–Crippen LogP) is 1.52. The van der Waals surface area contributed by atoms with E-state index in [1.807, 2.05) is 6.92 Å². The summed E-state index contributed by atoms with van der Waals surface area (Å²) in [6, 6.07) is 1.78. The molecule has 2 heterocycles. The van der Waals surface area contributed by atoms with Crippen molar-refractivity contribution in [3.63, 3.8) is 0 Å². The Morgan fingerprint density at radius 3 is 2.64 bits per heavy atom. The third-order valence-electron chi connectivity index (χ3n) is 4.95. The van der Waals surface area contributed by atoms with Crippen LogP contribution in [0.2, 0.25) is 0 Å². The van der Waals surface area contributed by atoms with Gasteiger partial charge in [-0.25, -0.2) is 0 Å². The van der Waals surface area contributed by atoms with E-state index in [-0.39, 0.29) is 11.8 Å². The summed E-state index contributed by atoms with van der Waals surface area (Å²) in [7, 11) is 1.69. The molecule has 0 bridgehead atoms. The Hall–Kier alpha value is -2.51. The second kappa shape index (κ2) is 11.4. The minimum Gasteiger partial charge on any atom is -0.459 e. The summed E-state index contributed by atoms with van der Waals surface area (Å²) in [5.41, 5.74) is 0.838. The predicted molar refractivity (Wildman–Crippen MR) is 109 cm³/mol. The lowest BCUT2D eigenvalue weighted by Crippen LogP contribution is -2.46. The lowest BCUT2D eigenvalue weighted by Gasteiger charge is -2.34. The average molecular weight is 392 g/mol. The number of carbonyl (C=O) groups is 2. The van der Waals surface area contributed by atoms with Gasteiger partial charge in [0.25, 0.3) is 5.91 Å². The molecule has 28 heavy (non-hydrogen) atoms. The largest absolute Gasteiger partial charge is 0.459 e. The molecular formula is C20H33N5O3. The average Bonchev–Trinajstić information content (AvgIpc) is 3.13. The van der Waals surface area contributed by atoms with Crippen LogP contribution < -0.4 is 16.0 Å². The number of piperidine rings is 1. The number of hydrogen-bond donors (Lipinski definition) is 3.